The maximum atomic E-state index is 12.0. The molecule has 0 spiro atoms. The molecule has 2 atom stereocenters. The van der Waals surface area contributed by atoms with Gasteiger partial charge in [0.15, 0.2) is 0 Å². The molecule has 0 radical (unpaired) electrons. The van der Waals surface area contributed by atoms with Gasteiger partial charge in [-0.05, 0) is 23.8 Å². The molecule has 3 nitrogen and oxygen atoms in total. The molecule has 1 amide bonds. The zero-order chi connectivity index (χ0) is 13.8. The van der Waals surface area contributed by atoms with Crippen molar-refractivity contribution in [2.45, 2.75) is 31.7 Å². The lowest BCUT2D eigenvalue weighted by atomic mass is 10.1. The molecule has 0 bridgehead atoms. The Morgan fingerprint density at radius 1 is 1.42 bits per heavy atom. The summed E-state index contributed by atoms with van der Waals surface area (Å²) in [6, 6.07) is 8.56. The van der Waals surface area contributed by atoms with Gasteiger partial charge in [-0.25, -0.2) is 0 Å². The number of aryl methyl sites for hydroxylation is 1. The van der Waals surface area contributed by atoms with Crippen LogP contribution < -0.4 is 5.32 Å². The standard InChI is InChI=1S/C15H22N2OS/c1-4-12-5-7-13(8-6-12)15-16-9-14(18)17(15)10-11(2)19-3/h5-8,11,15-16H,4,9-10H2,1-3H3. The van der Waals surface area contributed by atoms with Crippen molar-refractivity contribution >= 4 is 17.7 Å². The molecule has 1 saturated heterocycles. The molecule has 1 N–H and O–H groups in total. The van der Waals surface area contributed by atoms with Crippen molar-refractivity contribution in [3.63, 3.8) is 0 Å². The maximum Gasteiger partial charge on any atom is 0.238 e. The number of nitrogens with zero attached hydrogens (tertiary/aromatic N) is 1. The fraction of sp³-hybridized carbons (Fsp3) is 0.533. The van der Waals surface area contributed by atoms with Crippen molar-refractivity contribution in [3.05, 3.63) is 35.4 Å². The van der Waals surface area contributed by atoms with Crippen molar-refractivity contribution in [3.8, 4) is 0 Å². The second-order valence-corrected chi connectivity index (χ2v) is 6.25. The summed E-state index contributed by atoms with van der Waals surface area (Å²) in [4.78, 5) is 13.9. The van der Waals surface area contributed by atoms with Crippen LogP contribution >= 0.6 is 11.8 Å². The number of carbonyl (C=O) groups excluding carboxylic acids is 1. The zero-order valence-electron chi connectivity index (χ0n) is 11.8. The number of rotatable bonds is 5. The van der Waals surface area contributed by atoms with E-state index in [1.165, 1.54) is 11.1 Å². The van der Waals surface area contributed by atoms with E-state index in [9.17, 15) is 4.79 Å². The summed E-state index contributed by atoms with van der Waals surface area (Å²) < 4.78 is 0. The maximum absolute atomic E-state index is 12.0. The third kappa shape index (κ3) is 3.31. The first-order chi connectivity index (χ1) is 9.15. The minimum atomic E-state index is 0.0352. The Kier molecular flexibility index (Phi) is 4.88. The van der Waals surface area contributed by atoms with E-state index in [-0.39, 0.29) is 12.1 Å². The third-order valence-electron chi connectivity index (χ3n) is 3.64. The molecule has 4 heteroatoms. The number of hydrogen-bond acceptors (Lipinski definition) is 3. The monoisotopic (exact) mass is 278 g/mol. The first kappa shape index (κ1) is 14.4. The van der Waals surface area contributed by atoms with Crippen molar-refractivity contribution in [1.82, 2.24) is 10.2 Å². The van der Waals surface area contributed by atoms with Crippen LogP contribution in [0.3, 0.4) is 0 Å². The molecule has 1 aromatic carbocycles. The second kappa shape index (κ2) is 6.44. The van der Waals surface area contributed by atoms with Gasteiger partial charge in [-0.15, -0.1) is 0 Å². The molecule has 19 heavy (non-hydrogen) atoms. The summed E-state index contributed by atoms with van der Waals surface area (Å²) in [5.41, 5.74) is 2.51. The highest BCUT2D eigenvalue weighted by Crippen LogP contribution is 2.24. The van der Waals surface area contributed by atoms with Crippen LogP contribution in [0.5, 0.6) is 0 Å². The predicted molar refractivity (Wildman–Crippen MR) is 81.3 cm³/mol. The van der Waals surface area contributed by atoms with E-state index >= 15 is 0 Å². The normalized spacial score (nSPS) is 20.9. The summed E-state index contributed by atoms with van der Waals surface area (Å²) in [5, 5.41) is 3.77. The van der Waals surface area contributed by atoms with Gasteiger partial charge in [0.05, 0.1) is 6.54 Å². The molecule has 0 aliphatic carbocycles. The van der Waals surface area contributed by atoms with E-state index in [1.54, 1.807) is 11.8 Å². The minimum Gasteiger partial charge on any atom is -0.321 e. The number of nitrogens with one attached hydrogen (secondary N) is 1. The highest BCUT2D eigenvalue weighted by molar-refractivity contribution is 7.99. The average molecular weight is 278 g/mol. The van der Waals surface area contributed by atoms with Gasteiger partial charge in [0.25, 0.3) is 0 Å². The highest BCUT2D eigenvalue weighted by Gasteiger charge is 2.32. The van der Waals surface area contributed by atoms with Gasteiger partial charge in [-0.3, -0.25) is 10.1 Å². The molecule has 1 aliphatic heterocycles. The Hall–Kier alpha value is -1.00. The zero-order valence-corrected chi connectivity index (χ0v) is 12.7. The smallest absolute Gasteiger partial charge is 0.238 e. The number of benzene rings is 1. The summed E-state index contributed by atoms with van der Waals surface area (Å²) in [6.45, 7) is 5.56. The van der Waals surface area contributed by atoms with Crippen molar-refractivity contribution in [1.29, 1.82) is 0 Å². The highest BCUT2D eigenvalue weighted by atomic mass is 32.2. The second-order valence-electron chi connectivity index (χ2n) is 4.97. The van der Waals surface area contributed by atoms with Crippen LogP contribution in [-0.2, 0) is 11.2 Å². The quantitative estimate of drug-likeness (QED) is 0.898. The lowest BCUT2D eigenvalue weighted by molar-refractivity contribution is -0.128. The van der Waals surface area contributed by atoms with Gasteiger partial charge in [0, 0.05) is 11.8 Å². The number of amides is 1. The van der Waals surface area contributed by atoms with Crippen LogP contribution in [-0.4, -0.2) is 35.4 Å². The Morgan fingerprint density at radius 3 is 2.68 bits per heavy atom. The molecule has 2 rings (SSSR count). The van der Waals surface area contributed by atoms with E-state index in [0.717, 1.165) is 13.0 Å². The molecule has 1 heterocycles. The molecular weight excluding hydrogens is 256 g/mol. The Balaban J connectivity index is 2.14. The average Bonchev–Trinajstić information content (AvgIpc) is 2.80. The van der Waals surface area contributed by atoms with Crippen LogP contribution in [0.25, 0.3) is 0 Å². The summed E-state index contributed by atoms with van der Waals surface area (Å²) >= 11 is 1.80. The third-order valence-corrected chi connectivity index (χ3v) is 4.59. The fourth-order valence-corrected chi connectivity index (χ4v) is 2.64. The van der Waals surface area contributed by atoms with Crippen molar-refractivity contribution < 1.29 is 4.79 Å². The lowest BCUT2D eigenvalue weighted by Gasteiger charge is -2.27. The van der Waals surface area contributed by atoms with Gasteiger partial charge in [-0.1, -0.05) is 38.1 Å². The number of carbonyl (C=O) groups is 1. The van der Waals surface area contributed by atoms with Gasteiger partial charge in [0.2, 0.25) is 5.91 Å². The first-order valence-corrected chi connectivity index (χ1v) is 8.09. The first-order valence-electron chi connectivity index (χ1n) is 6.80. The Labute approximate surface area is 119 Å². The van der Waals surface area contributed by atoms with Crippen LogP contribution in [0.4, 0.5) is 0 Å². The van der Waals surface area contributed by atoms with Crippen LogP contribution in [0, 0.1) is 0 Å². The van der Waals surface area contributed by atoms with Gasteiger partial charge >= 0.3 is 0 Å². The molecule has 104 valence electrons. The molecule has 1 fully saturated rings. The Morgan fingerprint density at radius 2 is 2.11 bits per heavy atom. The molecule has 1 aromatic rings. The topological polar surface area (TPSA) is 32.3 Å². The van der Waals surface area contributed by atoms with E-state index < -0.39 is 0 Å². The SMILES string of the molecule is CCc1ccc(C2NCC(=O)N2CC(C)SC)cc1. The van der Waals surface area contributed by atoms with Gasteiger partial charge in [-0.2, -0.15) is 11.8 Å². The predicted octanol–water partition coefficient (Wildman–Crippen LogP) is 2.43. The largest absolute Gasteiger partial charge is 0.321 e. The summed E-state index contributed by atoms with van der Waals surface area (Å²) in [7, 11) is 0. The summed E-state index contributed by atoms with van der Waals surface area (Å²) in [5.74, 6) is 0.200. The summed E-state index contributed by atoms with van der Waals surface area (Å²) in [6.07, 6.45) is 3.17. The lowest BCUT2D eigenvalue weighted by Crippen LogP contribution is -2.34. The van der Waals surface area contributed by atoms with E-state index in [1.807, 2.05) is 4.90 Å². The van der Waals surface area contributed by atoms with Crippen LogP contribution in [0.2, 0.25) is 0 Å². The minimum absolute atomic E-state index is 0.0352. The Bertz CT molecular complexity index is 432. The fourth-order valence-electron chi connectivity index (χ4n) is 2.33. The van der Waals surface area contributed by atoms with Crippen LogP contribution in [0.1, 0.15) is 31.1 Å². The number of thioether (sulfide) groups is 1. The van der Waals surface area contributed by atoms with Crippen LogP contribution in [0.15, 0.2) is 24.3 Å². The molecule has 0 saturated carbocycles. The van der Waals surface area contributed by atoms with E-state index in [4.69, 9.17) is 0 Å². The number of hydrogen-bond donors (Lipinski definition) is 1. The van der Waals surface area contributed by atoms with E-state index in [2.05, 4.69) is 49.7 Å². The van der Waals surface area contributed by atoms with Crippen molar-refractivity contribution in [2.75, 3.05) is 19.3 Å². The molecule has 1 aliphatic rings. The van der Waals surface area contributed by atoms with Gasteiger partial charge < -0.3 is 4.90 Å². The molecule has 0 aromatic heterocycles. The molecule has 2 unspecified atom stereocenters. The molecular formula is C15H22N2OS. The van der Waals surface area contributed by atoms with E-state index in [0.29, 0.717) is 11.8 Å². The van der Waals surface area contributed by atoms with Gasteiger partial charge in [0.1, 0.15) is 6.17 Å². The van der Waals surface area contributed by atoms with Crippen molar-refractivity contribution in [2.24, 2.45) is 0 Å².